The number of nitrogens with zero attached hydrogens (tertiary/aromatic N) is 2. The molecule has 6 heteroatoms. The van der Waals surface area contributed by atoms with E-state index in [4.69, 9.17) is 4.74 Å². The Morgan fingerprint density at radius 3 is 3.04 bits per heavy atom. The topological polar surface area (TPSA) is 42.4 Å². The summed E-state index contributed by atoms with van der Waals surface area (Å²) in [6.07, 6.45) is 5.82. The fraction of sp³-hybridized carbons (Fsp3) is 0.444. The first kappa shape index (κ1) is 16.9. The maximum absolute atomic E-state index is 13.8. The van der Waals surface area contributed by atoms with E-state index in [1.54, 1.807) is 23.6 Å². The third-order valence-corrected chi connectivity index (χ3v) is 5.28. The lowest BCUT2D eigenvalue weighted by Crippen LogP contribution is -2.38. The van der Waals surface area contributed by atoms with Gasteiger partial charge < -0.3 is 9.64 Å². The molecule has 1 saturated heterocycles. The van der Waals surface area contributed by atoms with Gasteiger partial charge in [-0.05, 0) is 43.4 Å². The van der Waals surface area contributed by atoms with E-state index in [0.29, 0.717) is 12.8 Å². The summed E-state index contributed by atoms with van der Waals surface area (Å²) in [6, 6.07) is 4.96. The van der Waals surface area contributed by atoms with Gasteiger partial charge in [-0.2, -0.15) is 0 Å². The van der Waals surface area contributed by atoms with Crippen molar-refractivity contribution in [2.75, 3.05) is 13.7 Å². The summed E-state index contributed by atoms with van der Waals surface area (Å²) in [7, 11) is 1.44. The van der Waals surface area contributed by atoms with Crippen molar-refractivity contribution in [1.82, 2.24) is 9.88 Å². The molecule has 128 valence electrons. The summed E-state index contributed by atoms with van der Waals surface area (Å²) < 4.78 is 18.7. The lowest BCUT2D eigenvalue weighted by atomic mass is 10.0. The summed E-state index contributed by atoms with van der Waals surface area (Å²) in [5.41, 5.74) is 0.810. The number of ether oxygens (including phenoxy) is 1. The number of carbonyl (C=O) groups excluding carboxylic acids is 1. The Morgan fingerprint density at radius 2 is 2.33 bits per heavy atom. The first-order valence-electron chi connectivity index (χ1n) is 8.20. The summed E-state index contributed by atoms with van der Waals surface area (Å²) in [5, 5.41) is 2.96. The van der Waals surface area contributed by atoms with Crippen LogP contribution in [0.25, 0.3) is 0 Å². The highest BCUT2D eigenvalue weighted by Gasteiger charge is 2.29. The van der Waals surface area contributed by atoms with Crippen LogP contribution in [0.4, 0.5) is 4.39 Å². The van der Waals surface area contributed by atoms with E-state index in [1.165, 1.54) is 13.2 Å². The lowest BCUT2D eigenvalue weighted by Gasteiger charge is -2.34. The predicted molar refractivity (Wildman–Crippen MR) is 91.7 cm³/mol. The number of hydrogen-bond acceptors (Lipinski definition) is 4. The van der Waals surface area contributed by atoms with Crippen LogP contribution >= 0.6 is 11.3 Å². The number of hydrogen-bond donors (Lipinski definition) is 0. The predicted octanol–water partition coefficient (Wildman–Crippen LogP) is 3.98. The third-order valence-electron chi connectivity index (χ3n) is 4.40. The van der Waals surface area contributed by atoms with Gasteiger partial charge in [0.1, 0.15) is 5.01 Å². The quantitative estimate of drug-likeness (QED) is 0.821. The highest BCUT2D eigenvalue weighted by molar-refractivity contribution is 7.09. The van der Waals surface area contributed by atoms with Gasteiger partial charge in [-0.1, -0.05) is 6.07 Å². The number of carbonyl (C=O) groups is 1. The van der Waals surface area contributed by atoms with Gasteiger partial charge >= 0.3 is 0 Å². The first-order valence-corrected chi connectivity index (χ1v) is 9.08. The van der Waals surface area contributed by atoms with Crippen molar-refractivity contribution in [2.45, 2.75) is 38.1 Å². The molecule has 0 aliphatic carbocycles. The Kier molecular flexibility index (Phi) is 5.45. The molecule has 4 nitrogen and oxygen atoms in total. The van der Waals surface area contributed by atoms with Crippen molar-refractivity contribution in [1.29, 1.82) is 0 Å². The molecule has 2 aromatic rings. The monoisotopic (exact) mass is 348 g/mol. The largest absolute Gasteiger partial charge is 0.494 e. The molecule has 24 heavy (non-hydrogen) atoms. The molecule has 1 unspecified atom stereocenters. The van der Waals surface area contributed by atoms with Crippen LogP contribution in [0.1, 0.15) is 42.3 Å². The zero-order chi connectivity index (χ0) is 16.9. The van der Waals surface area contributed by atoms with Gasteiger partial charge in [0.15, 0.2) is 11.6 Å². The Bertz CT molecular complexity index is 690. The van der Waals surface area contributed by atoms with Gasteiger partial charge in [0, 0.05) is 24.5 Å². The van der Waals surface area contributed by atoms with E-state index in [-0.39, 0.29) is 23.5 Å². The van der Waals surface area contributed by atoms with E-state index in [9.17, 15) is 9.18 Å². The minimum atomic E-state index is -0.388. The number of amides is 1. The van der Waals surface area contributed by atoms with Gasteiger partial charge in [0.2, 0.25) is 5.91 Å². The molecule has 3 rings (SSSR count). The normalized spacial score (nSPS) is 17.8. The molecule has 1 aromatic carbocycles. The molecule has 1 aromatic heterocycles. The average molecular weight is 348 g/mol. The zero-order valence-electron chi connectivity index (χ0n) is 13.7. The fourth-order valence-electron chi connectivity index (χ4n) is 3.15. The molecule has 0 saturated carbocycles. The minimum absolute atomic E-state index is 0.0962. The average Bonchev–Trinajstić information content (AvgIpc) is 3.14. The number of methoxy groups -OCH3 is 1. The SMILES string of the molecule is COc1ccc(CCC(=O)N2CCCCC2c2nccs2)cc1F. The minimum Gasteiger partial charge on any atom is -0.494 e. The van der Waals surface area contributed by atoms with E-state index in [0.717, 1.165) is 36.4 Å². The second-order valence-electron chi connectivity index (χ2n) is 5.94. The van der Waals surface area contributed by atoms with Crippen molar-refractivity contribution in [3.8, 4) is 5.75 Å². The molecule has 0 N–H and O–H groups in total. The van der Waals surface area contributed by atoms with E-state index < -0.39 is 0 Å². The molecule has 0 bridgehead atoms. The fourth-order valence-corrected chi connectivity index (χ4v) is 3.93. The summed E-state index contributed by atoms with van der Waals surface area (Å²) in [5.74, 6) is -0.0443. The van der Waals surface area contributed by atoms with Crippen LogP contribution in [0.15, 0.2) is 29.8 Å². The van der Waals surface area contributed by atoms with Crippen molar-refractivity contribution < 1.29 is 13.9 Å². The number of aromatic nitrogens is 1. The Labute approximate surface area is 145 Å². The van der Waals surface area contributed by atoms with E-state index in [2.05, 4.69) is 4.98 Å². The number of likely N-dealkylation sites (tertiary alicyclic amines) is 1. The smallest absolute Gasteiger partial charge is 0.223 e. The van der Waals surface area contributed by atoms with Crippen LogP contribution in [0.3, 0.4) is 0 Å². The number of rotatable bonds is 5. The Balaban J connectivity index is 1.64. The lowest BCUT2D eigenvalue weighted by molar-refractivity contribution is -0.135. The zero-order valence-corrected chi connectivity index (χ0v) is 14.5. The van der Waals surface area contributed by atoms with Crippen LogP contribution in [-0.2, 0) is 11.2 Å². The Morgan fingerprint density at radius 1 is 1.46 bits per heavy atom. The third kappa shape index (κ3) is 3.75. The molecule has 0 spiro atoms. The first-order chi connectivity index (χ1) is 11.7. The molecular formula is C18H21FN2O2S. The number of benzene rings is 1. The van der Waals surface area contributed by atoms with Crippen molar-refractivity contribution in [2.24, 2.45) is 0 Å². The summed E-state index contributed by atoms with van der Waals surface area (Å²) in [4.78, 5) is 19.0. The van der Waals surface area contributed by atoms with Crippen LogP contribution in [0, 0.1) is 5.82 Å². The number of thiazole rings is 1. The summed E-state index contributed by atoms with van der Waals surface area (Å²) in [6.45, 7) is 0.778. The molecule has 2 heterocycles. The van der Waals surface area contributed by atoms with Gasteiger partial charge in [-0.15, -0.1) is 11.3 Å². The molecule has 1 amide bonds. The maximum atomic E-state index is 13.8. The maximum Gasteiger partial charge on any atom is 0.223 e. The molecule has 0 radical (unpaired) electrons. The summed E-state index contributed by atoms with van der Waals surface area (Å²) >= 11 is 1.60. The van der Waals surface area contributed by atoms with Crippen molar-refractivity contribution in [3.63, 3.8) is 0 Å². The van der Waals surface area contributed by atoms with Crippen LogP contribution < -0.4 is 4.74 Å². The van der Waals surface area contributed by atoms with Gasteiger partial charge in [0.25, 0.3) is 0 Å². The second-order valence-corrected chi connectivity index (χ2v) is 6.86. The molecule has 1 aliphatic rings. The second kappa shape index (κ2) is 7.75. The van der Waals surface area contributed by atoms with Crippen molar-refractivity contribution >= 4 is 17.2 Å². The van der Waals surface area contributed by atoms with Crippen molar-refractivity contribution in [3.05, 3.63) is 46.2 Å². The Hall–Kier alpha value is -1.95. The van der Waals surface area contributed by atoms with Gasteiger partial charge in [0.05, 0.1) is 13.2 Å². The standard InChI is InChI=1S/C18H21FN2O2S/c1-23-16-7-5-13(12-14(16)19)6-8-17(22)21-10-3-2-4-15(21)18-20-9-11-24-18/h5,7,9,11-12,15H,2-4,6,8,10H2,1H3. The molecule has 1 aliphatic heterocycles. The van der Waals surface area contributed by atoms with Gasteiger partial charge in [-0.25, -0.2) is 9.37 Å². The number of halogens is 1. The highest BCUT2D eigenvalue weighted by atomic mass is 32.1. The van der Waals surface area contributed by atoms with Crippen LogP contribution in [0.2, 0.25) is 0 Å². The highest BCUT2D eigenvalue weighted by Crippen LogP contribution is 2.32. The van der Waals surface area contributed by atoms with Crippen LogP contribution in [-0.4, -0.2) is 29.4 Å². The molecule has 1 atom stereocenters. The number of aryl methyl sites for hydroxylation is 1. The van der Waals surface area contributed by atoms with Crippen LogP contribution in [0.5, 0.6) is 5.75 Å². The molecule has 1 fully saturated rings. The number of piperidine rings is 1. The van der Waals surface area contributed by atoms with E-state index >= 15 is 0 Å². The molecular weight excluding hydrogens is 327 g/mol. The van der Waals surface area contributed by atoms with Gasteiger partial charge in [-0.3, -0.25) is 4.79 Å². The van der Waals surface area contributed by atoms with E-state index in [1.807, 2.05) is 16.3 Å².